The molecule has 0 atom stereocenters. The Hall–Kier alpha value is -2.69. The van der Waals surface area contributed by atoms with E-state index in [1.165, 1.54) is 12.4 Å². The predicted octanol–water partition coefficient (Wildman–Crippen LogP) is 3.42. The monoisotopic (exact) mass is 351 g/mol. The number of nitrogens with one attached hydrogen (secondary N) is 1. The van der Waals surface area contributed by atoms with Crippen LogP contribution >= 0.6 is 0 Å². The van der Waals surface area contributed by atoms with Crippen molar-refractivity contribution in [1.82, 2.24) is 15.2 Å². The molecule has 1 aromatic heterocycles. The van der Waals surface area contributed by atoms with Gasteiger partial charge in [-0.05, 0) is 31.4 Å². The summed E-state index contributed by atoms with van der Waals surface area (Å²) < 4.78 is 0. The van der Waals surface area contributed by atoms with Crippen molar-refractivity contribution < 1.29 is 9.59 Å². The van der Waals surface area contributed by atoms with E-state index in [1.807, 2.05) is 37.3 Å². The summed E-state index contributed by atoms with van der Waals surface area (Å²) in [6, 6.07) is 11.8. The first kappa shape index (κ1) is 18.1. The molecule has 26 heavy (non-hydrogen) atoms. The standard InChI is InChI=1S/C21H25N3O2/c1-2-24(15-16-8-4-3-5-9-16)21(26)18-12-17(13-22-14-18)20(25)23-19-10-6-7-11-19/h3-5,8-9,12-14,19H,2,6-7,10-11,15H2,1H3,(H,23,25). The molecule has 3 rings (SSSR count). The Kier molecular flexibility index (Phi) is 6.00. The number of carbonyl (C=O) groups excluding carboxylic acids is 2. The second-order valence-electron chi connectivity index (χ2n) is 6.72. The molecule has 1 heterocycles. The van der Waals surface area contributed by atoms with Gasteiger partial charge in [-0.3, -0.25) is 14.6 Å². The molecular formula is C21H25N3O2. The summed E-state index contributed by atoms with van der Waals surface area (Å²) in [6.45, 7) is 3.08. The quantitative estimate of drug-likeness (QED) is 0.867. The van der Waals surface area contributed by atoms with E-state index in [4.69, 9.17) is 0 Å². The molecule has 5 nitrogen and oxygen atoms in total. The van der Waals surface area contributed by atoms with Crippen LogP contribution < -0.4 is 5.32 Å². The maximum atomic E-state index is 12.9. The van der Waals surface area contributed by atoms with Crippen LogP contribution in [0, 0.1) is 0 Å². The van der Waals surface area contributed by atoms with Gasteiger partial charge in [0.15, 0.2) is 0 Å². The Labute approximate surface area is 154 Å². The fraction of sp³-hybridized carbons (Fsp3) is 0.381. The van der Waals surface area contributed by atoms with Gasteiger partial charge in [0.1, 0.15) is 0 Å². The summed E-state index contributed by atoms with van der Waals surface area (Å²) in [5.74, 6) is -0.260. The number of carbonyl (C=O) groups is 2. The van der Waals surface area contributed by atoms with Gasteiger partial charge in [0, 0.05) is 31.5 Å². The van der Waals surface area contributed by atoms with Gasteiger partial charge in [-0.25, -0.2) is 0 Å². The molecule has 0 saturated heterocycles. The summed E-state index contributed by atoms with van der Waals surface area (Å²) in [4.78, 5) is 31.2. The van der Waals surface area contributed by atoms with Gasteiger partial charge in [-0.2, -0.15) is 0 Å². The molecule has 1 aliphatic carbocycles. The minimum Gasteiger partial charge on any atom is -0.349 e. The largest absolute Gasteiger partial charge is 0.349 e. The van der Waals surface area contributed by atoms with Gasteiger partial charge < -0.3 is 10.2 Å². The zero-order valence-corrected chi connectivity index (χ0v) is 15.1. The van der Waals surface area contributed by atoms with Gasteiger partial charge in [0.2, 0.25) is 0 Å². The number of hydrogen-bond donors (Lipinski definition) is 1. The topological polar surface area (TPSA) is 62.3 Å². The summed E-state index contributed by atoms with van der Waals surface area (Å²) >= 11 is 0. The van der Waals surface area contributed by atoms with Crippen LogP contribution in [-0.4, -0.2) is 34.3 Å². The molecule has 0 bridgehead atoms. The predicted molar refractivity (Wildman–Crippen MR) is 101 cm³/mol. The lowest BCUT2D eigenvalue weighted by atomic mass is 10.1. The van der Waals surface area contributed by atoms with Crippen LogP contribution in [0.2, 0.25) is 0 Å². The molecule has 1 N–H and O–H groups in total. The van der Waals surface area contributed by atoms with Crippen LogP contribution in [0.4, 0.5) is 0 Å². The van der Waals surface area contributed by atoms with E-state index in [0.717, 1.165) is 31.2 Å². The minimum absolute atomic E-state index is 0.112. The Morgan fingerprint density at radius 2 is 1.81 bits per heavy atom. The third kappa shape index (κ3) is 4.48. The van der Waals surface area contributed by atoms with E-state index >= 15 is 0 Å². The minimum atomic E-state index is -0.148. The number of nitrogens with zero attached hydrogens (tertiary/aromatic N) is 2. The lowest BCUT2D eigenvalue weighted by Crippen LogP contribution is -2.33. The van der Waals surface area contributed by atoms with Crippen molar-refractivity contribution in [3.8, 4) is 0 Å². The Morgan fingerprint density at radius 1 is 1.12 bits per heavy atom. The van der Waals surface area contributed by atoms with E-state index in [-0.39, 0.29) is 17.9 Å². The van der Waals surface area contributed by atoms with E-state index in [2.05, 4.69) is 10.3 Å². The van der Waals surface area contributed by atoms with E-state index in [1.54, 1.807) is 11.0 Å². The lowest BCUT2D eigenvalue weighted by molar-refractivity contribution is 0.0752. The van der Waals surface area contributed by atoms with Crippen molar-refractivity contribution in [3.63, 3.8) is 0 Å². The molecule has 1 aliphatic rings. The second kappa shape index (κ2) is 8.61. The molecule has 5 heteroatoms. The molecular weight excluding hydrogens is 326 g/mol. The Balaban J connectivity index is 1.71. The van der Waals surface area contributed by atoms with Crippen molar-refractivity contribution in [2.24, 2.45) is 0 Å². The van der Waals surface area contributed by atoms with Gasteiger partial charge in [-0.1, -0.05) is 43.2 Å². The van der Waals surface area contributed by atoms with Gasteiger partial charge in [-0.15, -0.1) is 0 Å². The van der Waals surface area contributed by atoms with Crippen molar-refractivity contribution in [3.05, 3.63) is 65.5 Å². The molecule has 0 spiro atoms. The van der Waals surface area contributed by atoms with Crippen LogP contribution in [0.15, 0.2) is 48.8 Å². The fourth-order valence-electron chi connectivity index (χ4n) is 3.33. The lowest BCUT2D eigenvalue weighted by Gasteiger charge is -2.21. The molecule has 0 radical (unpaired) electrons. The van der Waals surface area contributed by atoms with Crippen LogP contribution in [0.5, 0.6) is 0 Å². The summed E-state index contributed by atoms with van der Waals surface area (Å²) in [7, 11) is 0. The number of pyridine rings is 1. The van der Waals surface area contributed by atoms with E-state index < -0.39 is 0 Å². The Bertz CT molecular complexity index is 755. The molecule has 136 valence electrons. The zero-order chi connectivity index (χ0) is 18.4. The van der Waals surface area contributed by atoms with Gasteiger partial charge in [0.25, 0.3) is 11.8 Å². The van der Waals surface area contributed by atoms with Crippen molar-refractivity contribution in [2.75, 3.05) is 6.54 Å². The Morgan fingerprint density at radius 3 is 2.50 bits per heavy atom. The number of amides is 2. The summed E-state index contributed by atoms with van der Waals surface area (Å²) in [5, 5.41) is 3.04. The maximum Gasteiger partial charge on any atom is 0.255 e. The summed E-state index contributed by atoms with van der Waals surface area (Å²) in [5.41, 5.74) is 1.96. The number of hydrogen-bond acceptors (Lipinski definition) is 3. The van der Waals surface area contributed by atoms with Crippen LogP contribution in [0.25, 0.3) is 0 Å². The average Bonchev–Trinajstić information content (AvgIpc) is 3.19. The first-order valence-corrected chi connectivity index (χ1v) is 9.26. The van der Waals surface area contributed by atoms with Crippen LogP contribution in [0.1, 0.15) is 58.9 Å². The van der Waals surface area contributed by atoms with E-state index in [0.29, 0.717) is 24.2 Å². The summed E-state index contributed by atoms with van der Waals surface area (Å²) in [6.07, 6.45) is 7.42. The molecule has 1 fully saturated rings. The molecule has 0 aliphatic heterocycles. The highest BCUT2D eigenvalue weighted by Gasteiger charge is 2.20. The zero-order valence-electron chi connectivity index (χ0n) is 15.1. The average molecular weight is 351 g/mol. The van der Waals surface area contributed by atoms with Gasteiger partial charge >= 0.3 is 0 Å². The van der Waals surface area contributed by atoms with Crippen LogP contribution in [0.3, 0.4) is 0 Å². The highest BCUT2D eigenvalue weighted by Crippen LogP contribution is 2.18. The molecule has 2 aromatic rings. The molecule has 1 aromatic carbocycles. The van der Waals surface area contributed by atoms with Crippen molar-refractivity contribution in [1.29, 1.82) is 0 Å². The molecule has 2 amide bonds. The smallest absolute Gasteiger partial charge is 0.255 e. The van der Waals surface area contributed by atoms with Crippen molar-refractivity contribution >= 4 is 11.8 Å². The third-order valence-corrected chi connectivity index (χ3v) is 4.82. The van der Waals surface area contributed by atoms with Gasteiger partial charge in [0.05, 0.1) is 11.1 Å². The molecule has 1 saturated carbocycles. The van der Waals surface area contributed by atoms with Crippen molar-refractivity contribution in [2.45, 2.75) is 45.2 Å². The normalized spacial score (nSPS) is 14.2. The third-order valence-electron chi connectivity index (χ3n) is 4.82. The molecule has 0 unspecified atom stereocenters. The number of benzene rings is 1. The highest BCUT2D eigenvalue weighted by atomic mass is 16.2. The number of aromatic nitrogens is 1. The first-order valence-electron chi connectivity index (χ1n) is 9.26. The highest BCUT2D eigenvalue weighted by molar-refractivity contribution is 5.99. The SMILES string of the molecule is CCN(Cc1ccccc1)C(=O)c1cncc(C(=O)NC2CCCC2)c1. The van der Waals surface area contributed by atoms with Crippen LogP contribution in [-0.2, 0) is 6.54 Å². The number of rotatable bonds is 6. The first-order chi connectivity index (χ1) is 12.7. The second-order valence-corrected chi connectivity index (χ2v) is 6.72. The fourth-order valence-corrected chi connectivity index (χ4v) is 3.33. The van der Waals surface area contributed by atoms with E-state index in [9.17, 15) is 9.59 Å². The maximum absolute atomic E-state index is 12.9.